The van der Waals surface area contributed by atoms with Crippen molar-refractivity contribution in [3.63, 3.8) is 0 Å². The topological polar surface area (TPSA) is 53.0 Å². The van der Waals surface area contributed by atoms with Gasteiger partial charge in [-0.05, 0) is 48.4 Å². The Labute approximate surface area is 176 Å². The molecule has 7 heteroatoms. The van der Waals surface area contributed by atoms with Gasteiger partial charge >= 0.3 is 5.97 Å². The van der Waals surface area contributed by atoms with E-state index in [1.54, 1.807) is 6.07 Å². The third-order valence-electron chi connectivity index (χ3n) is 5.41. The molecule has 2 aliphatic rings. The summed E-state index contributed by atoms with van der Waals surface area (Å²) < 4.78 is 19.5. The van der Waals surface area contributed by atoms with E-state index in [0.29, 0.717) is 25.3 Å². The van der Waals surface area contributed by atoms with Crippen molar-refractivity contribution < 1.29 is 19.0 Å². The minimum atomic E-state index is -0.925. The van der Waals surface area contributed by atoms with Crippen LogP contribution in [0.2, 0.25) is 0 Å². The van der Waals surface area contributed by atoms with Crippen molar-refractivity contribution in [2.45, 2.75) is 45.9 Å². The molecule has 0 spiro atoms. The fourth-order valence-corrected chi connectivity index (χ4v) is 5.03. The maximum absolute atomic E-state index is 13.8. The van der Waals surface area contributed by atoms with Crippen LogP contribution >= 0.6 is 11.8 Å². The molecule has 1 aromatic carbocycles. The number of hydrogen-bond acceptors (Lipinski definition) is 5. The first-order chi connectivity index (χ1) is 14.0. The average molecular weight is 421 g/mol. The Bertz CT molecular complexity index is 811. The second-order valence-corrected chi connectivity index (χ2v) is 8.57. The molecule has 0 bridgehead atoms. The number of morpholine rings is 1. The van der Waals surface area contributed by atoms with E-state index in [2.05, 4.69) is 16.7 Å². The van der Waals surface area contributed by atoms with Crippen molar-refractivity contribution in [2.24, 2.45) is 0 Å². The first kappa shape index (κ1) is 21.9. The quantitative estimate of drug-likeness (QED) is 0.718. The molecule has 1 saturated heterocycles. The van der Waals surface area contributed by atoms with Gasteiger partial charge in [0.05, 0.1) is 23.8 Å². The molecule has 29 heavy (non-hydrogen) atoms. The van der Waals surface area contributed by atoms with E-state index in [9.17, 15) is 14.3 Å². The Kier molecular flexibility index (Phi) is 7.38. The Morgan fingerprint density at radius 1 is 1.38 bits per heavy atom. The van der Waals surface area contributed by atoms with Crippen LogP contribution in [-0.4, -0.2) is 58.6 Å². The van der Waals surface area contributed by atoms with Crippen molar-refractivity contribution >= 4 is 17.7 Å². The maximum atomic E-state index is 13.8. The highest BCUT2D eigenvalue weighted by Crippen LogP contribution is 2.37. The van der Waals surface area contributed by atoms with Crippen molar-refractivity contribution in [1.82, 2.24) is 9.80 Å². The van der Waals surface area contributed by atoms with Crippen LogP contribution in [0.25, 0.3) is 0 Å². The number of aliphatic carboxylic acids is 1. The van der Waals surface area contributed by atoms with Gasteiger partial charge in [0, 0.05) is 19.1 Å². The van der Waals surface area contributed by atoms with Gasteiger partial charge in [-0.2, -0.15) is 0 Å². The molecule has 2 unspecified atom stereocenters. The van der Waals surface area contributed by atoms with Gasteiger partial charge < -0.3 is 14.7 Å². The van der Waals surface area contributed by atoms with Crippen LogP contribution in [0.3, 0.4) is 0 Å². The highest BCUT2D eigenvalue weighted by atomic mass is 32.2. The standard InChI is InChI=1S/C22H29FN2O3S/c1-4-18-14-28-10-9-24(18)19-11-15(3)20(22(26)27)21(29-5-2)25(19)13-16-7-6-8-17(23)12-16/h6-8,11-12,18-19H,4-5,9-10,13-14H2,1-3H3,(H,26,27). The molecule has 3 rings (SSSR count). The van der Waals surface area contributed by atoms with Gasteiger partial charge in [-0.15, -0.1) is 11.8 Å². The molecule has 5 nitrogen and oxygen atoms in total. The number of nitrogens with zero attached hydrogens (tertiary/aromatic N) is 2. The summed E-state index contributed by atoms with van der Waals surface area (Å²) in [6, 6.07) is 6.79. The molecule has 0 aromatic heterocycles. The summed E-state index contributed by atoms with van der Waals surface area (Å²) in [6.45, 7) is 8.57. The largest absolute Gasteiger partial charge is 0.478 e. The Morgan fingerprint density at radius 2 is 2.17 bits per heavy atom. The molecule has 1 N–H and O–H groups in total. The minimum Gasteiger partial charge on any atom is -0.478 e. The highest BCUT2D eigenvalue weighted by molar-refractivity contribution is 8.03. The lowest BCUT2D eigenvalue weighted by Crippen LogP contribution is -2.56. The van der Waals surface area contributed by atoms with E-state index < -0.39 is 5.97 Å². The van der Waals surface area contributed by atoms with Crippen LogP contribution in [0.15, 0.2) is 46.5 Å². The Hall–Kier alpha value is -1.83. The maximum Gasteiger partial charge on any atom is 0.338 e. The third kappa shape index (κ3) is 4.85. The number of halogens is 1. The molecule has 0 saturated carbocycles. The van der Waals surface area contributed by atoms with E-state index in [1.165, 1.54) is 23.9 Å². The summed E-state index contributed by atoms with van der Waals surface area (Å²) in [4.78, 5) is 16.6. The van der Waals surface area contributed by atoms with Crippen LogP contribution in [0.4, 0.5) is 4.39 Å². The predicted octanol–water partition coefficient (Wildman–Crippen LogP) is 4.07. The first-order valence-electron chi connectivity index (χ1n) is 10.1. The number of benzene rings is 1. The van der Waals surface area contributed by atoms with E-state index in [1.807, 2.05) is 26.0 Å². The van der Waals surface area contributed by atoms with Gasteiger partial charge in [-0.1, -0.05) is 26.0 Å². The van der Waals surface area contributed by atoms with Gasteiger partial charge in [0.2, 0.25) is 0 Å². The van der Waals surface area contributed by atoms with E-state index in [4.69, 9.17) is 4.74 Å². The van der Waals surface area contributed by atoms with Crippen molar-refractivity contribution in [3.8, 4) is 0 Å². The fourth-order valence-electron chi connectivity index (χ4n) is 4.02. The zero-order valence-electron chi connectivity index (χ0n) is 17.2. The van der Waals surface area contributed by atoms with Crippen LogP contribution in [-0.2, 0) is 16.1 Å². The zero-order chi connectivity index (χ0) is 21.0. The summed E-state index contributed by atoms with van der Waals surface area (Å²) >= 11 is 1.53. The SMILES string of the molecule is CCSC1=C(C(=O)O)C(C)=CC(N2CCOCC2CC)N1Cc1cccc(F)c1. The van der Waals surface area contributed by atoms with Crippen molar-refractivity contribution in [3.05, 3.63) is 57.9 Å². The second kappa shape index (κ2) is 9.78. The lowest BCUT2D eigenvalue weighted by molar-refractivity contribution is -0.132. The van der Waals surface area contributed by atoms with Gasteiger partial charge in [-0.3, -0.25) is 4.90 Å². The van der Waals surface area contributed by atoms with Gasteiger partial charge in [-0.25, -0.2) is 9.18 Å². The number of hydrogen-bond donors (Lipinski definition) is 1. The van der Waals surface area contributed by atoms with Gasteiger partial charge in [0.1, 0.15) is 12.0 Å². The van der Waals surface area contributed by atoms with E-state index in [0.717, 1.165) is 34.9 Å². The molecule has 2 aliphatic heterocycles. The fraction of sp³-hybridized carbons (Fsp3) is 0.500. The van der Waals surface area contributed by atoms with Crippen molar-refractivity contribution in [2.75, 3.05) is 25.5 Å². The van der Waals surface area contributed by atoms with Crippen molar-refractivity contribution in [1.29, 1.82) is 0 Å². The first-order valence-corrected chi connectivity index (χ1v) is 11.1. The number of carboxylic acid groups (broad SMARTS) is 1. The summed E-state index contributed by atoms with van der Waals surface area (Å²) in [7, 11) is 0. The van der Waals surface area contributed by atoms with Crippen LogP contribution in [0, 0.1) is 5.82 Å². The number of carbonyl (C=O) groups is 1. The molecule has 158 valence electrons. The normalized spacial score (nSPS) is 23.3. The van der Waals surface area contributed by atoms with E-state index >= 15 is 0 Å². The zero-order valence-corrected chi connectivity index (χ0v) is 18.0. The van der Waals surface area contributed by atoms with Crippen LogP contribution < -0.4 is 0 Å². The molecule has 2 heterocycles. The molecule has 0 radical (unpaired) electrons. The number of ether oxygens (including phenoxy) is 1. The summed E-state index contributed by atoms with van der Waals surface area (Å²) in [5.74, 6) is -0.453. The summed E-state index contributed by atoms with van der Waals surface area (Å²) in [5, 5.41) is 10.6. The molecular formula is C22H29FN2O3S. The highest BCUT2D eigenvalue weighted by Gasteiger charge is 2.37. The summed E-state index contributed by atoms with van der Waals surface area (Å²) in [6.07, 6.45) is 2.89. The Balaban J connectivity index is 2.06. The third-order valence-corrected chi connectivity index (χ3v) is 6.41. The van der Waals surface area contributed by atoms with E-state index in [-0.39, 0.29) is 18.0 Å². The summed E-state index contributed by atoms with van der Waals surface area (Å²) in [5.41, 5.74) is 1.93. The molecule has 1 aromatic rings. The molecule has 1 fully saturated rings. The predicted molar refractivity (Wildman–Crippen MR) is 114 cm³/mol. The lowest BCUT2D eigenvalue weighted by atomic mass is 10.0. The number of rotatable bonds is 7. The molecular weight excluding hydrogens is 391 g/mol. The van der Waals surface area contributed by atoms with Crippen LogP contribution in [0.1, 0.15) is 32.8 Å². The molecule has 0 amide bonds. The molecule has 0 aliphatic carbocycles. The molecule has 2 atom stereocenters. The lowest BCUT2D eigenvalue weighted by Gasteiger charge is -2.47. The van der Waals surface area contributed by atoms with Gasteiger partial charge in [0.15, 0.2) is 0 Å². The monoisotopic (exact) mass is 420 g/mol. The number of carboxylic acids is 1. The minimum absolute atomic E-state index is 0.0933. The second-order valence-electron chi connectivity index (χ2n) is 7.31. The average Bonchev–Trinajstić information content (AvgIpc) is 2.69. The smallest absolute Gasteiger partial charge is 0.338 e. The van der Waals surface area contributed by atoms with Gasteiger partial charge in [0.25, 0.3) is 0 Å². The van der Waals surface area contributed by atoms with Crippen LogP contribution in [0.5, 0.6) is 0 Å². The Morgan fingerprint density at radius 3 is 2.83 bits per heavy atom. The number of thioether (sulfide) groups is 1.